The zero-order valence-electron chi connectivity index (χ0n) is 12.1. The second-order valence-electron chi connectivity index (χ2n) is 5.93. The van der Waals surface area contributed by atoms with Gasteiger partial charge < -0.3 is 9.32 Å². The Kier molecular flexibility index (Phi) is 3.30. The maximum absolute atomic E-state index is 12.0. The highest BCUT2D eigenvalue weighted by atomic mass is 35.5. The van der Waals surface area contributed by atoms with E-state index in [0.717, 1.165) is 34.0 Å². The molecule has 2 heterocycles. The summed E-state index contributed by atoms with van der Waals surface area (Å²) in [7, 11) is 0. The first kappa shape index (κ1) is 13.6. The molecule has 0 spiro atoms. The number of likely N-dealkylation sites (tertiary alicyclic amines) is 1. The van der Waals surface area contributed by atoms with Crippen LogP contribution in [0.5, 0.6) is 0 Å². The number of halogens is 1. The van der Waals surface area contributed by atoms with Crippen molar-refractivity contribution in [2.24, 2.45) is 5.92 Å². The lowest BCUT2D eigenvalue weighted by Crippen LogP contribution is -2.24. The molecule has 1 aliphatic rings. The number of rotatable bonds is 3. The fourth-order valence-electron chi connectivity index (χ4n) is 3.20. The Hall–Kier alpha value is -2.00. The first-order chi connectivity index (χ1) is 10.7. The van der Waals surface area contributed by atoms with Crippen molar-refractivity contribution in [2.75, 3.05) is 12.4 Å². The standard InChI is InChI=1S/C18H16ClNO2/c19-9-13-8-18(21)20(11-13)10-12-5-6-17-15(7-12)14-3-1-2-4-16(14)22-17/h1-7,13H,8-11H2. The zero-order valence-corrected chi connectivity index (χ0v) is 12.8. The second kappa shape index (κ2) is 5.33. The monoisotopic (exact) mass is 313 g/mol. The lowest BCUT2D eigenvalue weighted by atomic mass is 10.1. The third kappa shape index (κ3) is 2.26. The number of nitrogens with zero attached hydrogens (tertiary/aromatic N) is 1. The molecular formula is C18H16ClNO2. The van der Waals surface area contributed by atoms with Crippen LogP contribution in [0.4, 0.5) is 0 Å². The molecule has 1 unspecified atom stereocenters. The summed E-state index contributed by atoms with van der Waals surface area (Å²) in [6, 6.07) is 14.2. The van der Waals surface area contributed by atoms with Crippen LogP contribution in [-0.4, -0.2) is 23.2 Å². The van der Waals surface area contributed by atoms with Crippen molar-refractivity contribution in [2.45, 2.75) is 13.0 Å². The van der Waals surface area contributed by atoms with Gasteiger partial charge in [0.2, 0.25) is 5.91 Å². The molecule has 112 valence electrons. The Bertz CT molecular complexity index is 855. The van der Waals surface area contributed by atoms with Gasteiger partial charge in [0.15, 0.2) is 0 Å². The molecule has 4 heteroatoms. The molecule has 1 aromatic heterocycles. The number of alkyl halides is 1. The summed E-state index contributed by atoms with van der Waals surface area (Å²) in [5.74, 6) is 1.03. The molecule has 4 rings (SSSR count). The van der Waals surface area contributed by atoms with Crippen molar-refractivity contribution in [3.63, 3.8) is 0 Å². The van der Waals surface area contributed by atoms with Crippen LogP contribution in [0.15, 0.2) is 46.9 Å². The molecule has 2 aromatic carbocycles. The molecule has 0 radical (unpaired) electrons. The largest absolute Gasteiger partial charge is 0.456 e. The van der Waals surface area contributed by atoms with Gasteiger partial charge in [-0.15, -0.1) is 11.6 Å². The van der Waals surface area contributed by atoms with E-state index < -0.39 is 0 Å². The Morgan fingerprint density at radius 3 is 2.77 bits per heavy atom. The summed E-state index contributed by atoms with van der Waals surface area (Å²) in [4.78, 5) is 13.9. The first-order valence-electron chi connectivity index (χ1n) is 7.48. The van der Waals surface area contributed by atoms with E-state index in [2.05, 4.69) is 12.1 Å². The number of fused-ring (bicyclic) bond motifs is 3. The molecule has 1 atom stereocenters. The molecular weight excluding hydrogens is 298 g/mol. The topological polar surface area (TPSA) is 33.5 Å². The van der Waals surface area contributed by atoms with Crippen LogP contribution >= 0.6 is 11.6 Å². The molecule has 0 saturated carbocycles. The number of carbonyl (C=O) groups is 1. The number of amides is 1. The van der Waals surface area contributed by atoms with Gasteiger partial charge in [0.1, 0.15) is 11.2 Å². The lowest BCUT2D eigenvalue weighted by Gasteiger charge is -2.16. The van der Waals surface area contributed by atoms with E-state index in [1.165, 1.54) is 0 Å². The molecule has 1 amide bonds. The van der Waals surface area contributed by atoms with Gasteiger partial charge in [-0.3, -0.25) is 4.79 Å². The minimum absolute atomic E-state index is 0.197. The number of benzene rings is 2. The summed E-state index contributed by atoms with van der Waals surface area (Å²) >= 11 is 5.88. The molecule has 0 N–H and O–H groups in total. The van der Waals surface area contributed by atoms with Crippen molar-refractivity contribution in [3.8, 4) is 0 Å². The maximum atomic E-state index is 12.0. The number of furan rings is 1. The number of hydrogen-bond acceptors (Lipinski definition) is 2. The van der Waals surface area contributed by atoms with Crippen molar-refractivity contribution >= 4 is 39.4 Å². The Labute approximate surface area is 133 Å². The summed E-state index contributed by atoms with van der Waals surface area (Å²) in [5, 5.41) is 2.22. The van der Waals surface area contributed by atoms with Gasteiger partial charge in [0.25, 0.3) is 0 Å². The highest BCUT2D eigenvalue weighted by Gasteiger charge is 2.28. The maximum Gasteiger partial charge on any atom is 0.223 e. The Morgan fingerprint density at radius 2 is 1.95 bits per heavy atom. The van der Waals surface area contributed by atoms with Gasteiger partial charge in [-0.2, -0.15) is 0 Å². The molecule has 3 aromatic rings. The van der Waals surface area contributed by atoms with Crippen LogP contribution < -0.4 is 0 Å². The molecule has 1 saturated heterocycles. The van der Waals surface area contributed by atoms with E-state index in [9.17, 15) is 4.79 Å². The molecule has 1 aliphatic heterocycles. The molecule has 0 aliphatic carbocycles. The highest BCUT2D eigenvalue weighted by molar-refractivity contribution is 6.18. The van der Waals surface area contributed by atoms with Crippen LogP contribution in [0.3, 0.4) is 0 Å². The number of para-hydroxylation sites is 1. The van der Waals surface area contributed by atoms with Crippen molar-refractivity contribution < 1.29 is 9.21 Å². The van der Waals surface area contributed by atoms with E-state index in [1.54, 1.807) is 0 Å². The minimum Gasteiger partial charge on any atom is -0.456 e. The van der Waals surface area contributed by atoms with Crippen molar-refractivity contribution in [1.29, 1.82) is 0 Å². The van der Waals surface area contributed by atoms with Crippen LogP contribution in [0, 0.1) is 5.92 Å². The average molecular weight is 314 g/mol. The molecule has 0 bridgehead atoms. The highest BCUT2D eigenvalue weighted by Crippen LogP contribution is 2.30. The van der Waals surface area contributed by atoms with Crippen LogP contribution in [-0.2, 0) is 11.3 Å². The van der Waals surface area contributed by atoms with Gasteiger partial charge in [0, 0.05) is 36.2 Å². The fraction of sp³-hybridized carbons (Fsp3) is 0.278. The lowest BCUT2D eigenvalue weighted by molar-refractivity contribution is -0.128. The minimum atomic E-state index is 0.197. The van der Waals surface area contributed by atoms with E-state index in [0.29, 0.717) is 18.8 Å². The Balaban J connectivity index is 1.68. The summed E-state index contributed by atoms with van der Waals surface area (Å²) in [6.07, 6.45) is 0.570. The molecule has 22 heavy (non-hydrogen) atoms. The van der Waals surface area contributed by atoms with E-state index in [-0.39, 0.29) is 11.8 Å². The molecule has 3 nitrogen and oxygen atoms in total. The third-order valence-electron chi connectivity index (χ3n) is 4.33. The smallest absolute Gasteiger partial charge is 0.223 e. The number of hydrogen-bond donors (Lipinski definition) is 0. The summed E-state index contributed by atoms with van der Waals surface area (Å²) in [5.41, 5.74) is 2.91. The van der Waals surface area contributed by atoms with Crippen LogP contribution in [0.2, 0.25) is 0 Å². The first-order valence-corrected chi connectivity index (χ1v) is 8.02. The van der Waals surface area contributed by atoms with Crippen LogP contribution in [0.25, 0.3) is 21.9 Å². The quantitative estimate of drug-likeness (QED) is 0.680. The van der Waals surface area contributed by atoms with Gasteiger partial charge in [0.05, 0.1) is 0 Å². The van der Waals surface area contributed by atoms with Crippen molar-refractivity contribution in [1.82, 2.24) is 4.90 Å². The predicted molar refractivity (Wildman–Crippen MR) is 88.0 cm³/mol. The van der Waals surface area contributed by atoms with Gasteiger partial charge in [-0.25, -0.2) is 0 Å². The van der Waals surface area contributed by atoms with Gasteiger partial charge in [-0.05, 0) is 29.7 Å². The summed E-state index contributed by atoms with van der Waals surface area (Å²) in [6.45, 7) is 1.40. The number of carbonyl (C=O) groups excluding carboxylic acids is 1. The Morgan fingerprint density at radius 1 is 1.14 bits per heavy atom. The zero-order chi connectivity index (χ0) is 15.1. The van der Waals surface area contributed by atoms with E-state index in [4.69, 9.17) is 16.0 Å². The van der Waals surface area contributed by atoms with Crippen molar-refractivity contribution in [3.05, 3.63) is 48.0 Å². The second-order valence-corrected chi connectivity index (χ2v) is 6.24. The normalized spacial score (nSPS) is 18.7. The third-order valence-corrected chi connectivity index (χ3v) is 4.76. The fourth-order valence-corrected chi connectivity index (χ4v) is 3.41. The SMILES string of the molecule is O=C1CC(CCl)CN1Cc1ccc2oc3ccccc3c2c1. The average Bonchev–Trinajstić information content (AvgIpc) is 3.08. The predicted octanol–water partition coefficient (Wildman–Crippen LogP) is 4.17. The van der Waals surface area contributed by atoms with Crippen LogP contribution in [0.1, 0.15) is 12.0 Å². The summed E-state index contributed by atoms with van der Waals surface area (Å²) < 4.78 is 5.83. The van der Waals surface area contributed by atoms with E-state index in [1.807, 2.05) is 35.2 Å². The van der Waals surface area contributed by atoms with Gasteiger partial charge in [-0.1, -0.05) is 24.3 Å². The van der Waals surface area contributed by atoms with E-state index >= 15 is 0 Å². The molecule has 1 fully saturated rings. The van der Waals surface area contributed by atoms with Gasteiger partial charge >= 0.3 is 0 Å².